The predicted octanol–water partition coefficient (Wildman–Crippen LogP) is -0.231. The van der Waals surface area contributed by atoms with E-state index in [4.69, 9.17) is 10.8 Å². The van der Waals surface area contributed by atoms with E-state index in [2.05, 4.69) is 0 Å². The minimum atomic E-state index is -0.491. The molecule has 0 radical (unpaired) electrons. The molecular weight excluding hydrogens is 110 g/mol. The van der Waals surface area contributed by atoms with Crippen LogP contribution in [0.15, 0.2) is 0 Å². The third kappa shape index (κ3) is 0.900. The second kappa shape index (κ2) is 1.37. The average Bonchev–Trinajstić information content (AvgIpc) is 2.13. The molecule has 1 aliphatic rings. The highest BCUT2D eigenvalue weighted by molar-refractivity contribution is 8.08. The maximum atomic E-state index is 8.97. The number of nitrogens with two attached hydrogens (primary N) is 1. The summed E-state index contributed by atoms with van der Waals surface area (Å²) < 4.78 is 0. The van der Waals surface area contributed by atoms with Gasteiger partial charge >= 0.3 is 0 Å². The Labute approximate surface area is 47.1 Å². The highest BCUT2D eigenvalue weighted by Gasteiger charge is 2.48. The van der Waals surface area contributed by atoms with E-state index in [1.54, 1.807) is 6.92 Å². The number of rotatable bonds is 1. The molecule has 0 aromatic heterocycles. The van der Waals surface area contributed by atoms with Gasteiger partial charge in [-0.3, -0.25) is 0 Å². The van der Waals surface area contributed by atoms with E-state index in [0.29, 0.717) is 11.8 Å². The van der Waals surface area contributed by atoms with E-state index in [-0.39, 0.29) is 0 Å². The molecular formula is C4H9NOS. The summed E-state index contributed by atoms with van der Waals surface area (Å²) in [5, 5.41) is 9.27. The van der Waals surface area contributed by atoms with Crippen LogP contribution in [0.2, 0.25) is 0 Å². The van der Waals surface area contributed by atoms with E-state index in [1.165, 1.54) is 11.8 Å². The lowest BCUT2D eigenvalue weighted by atomic mass is 10.3. The molecule has 7 heavy (non-hydrogen) atoms. The molecule has 0 aromatic rings. The first-order valence-corrected chi connectivity index (χ1v) is 3.15. The summed E-state index contributed by atoms with van der Waals surface area (Å²) in [5.41, 5.74) is 5.23. The molecule has 1 heterocycles. The van der Waals surface area contributed by atoms with E-state index in [1.807, 2.05) is 0 Å². The fourth-order valence-electron chi connectivity index (χ4n) is 0.521. The summed E-state index contributed by atoms with van der Waals surface area (Å²) in [7, 11) is 0. The minimum absolute atomic E-state index is 0.299. The lowest BCUT2D eigenvalue weighted by molar-refractivity contribution is 0.193. The van der Waals surface area contributed by atoms with Gasteiger partial charge < -0.3 is 10.8 Å². The molecule has 3 N–H and O–H groups in total. The largest absolute Gasteiger partial charge is 0.379 e. The smallest absolute Gasteiger partial charge is 0.121 e. The molecule has 0 saturated carbocycles. The van der Waals surface area contributed by atoms with Crippen molar-refractivity contribution in [2.75, 3.05) is 6.54 Å². The Morgan fingerprint density at radius 2 is 2.43 bits per heavy atom. The molecule has 2 nitrogen and oxygen atoms in total. The van der Waals surface area contributed by atoms with Gasteiger partial charge in [0.15, 0.2) is 0 Å². The molecule has 0 spiro atoms. The van der Waals surface area contributed by atoms with Crippen LogP contribution in [0.25, 0.3) is 0 Å². The topological polar surface area (TPSA) is 46.2 Å². The summed E-state index contributed by atoms with van der Waals surface area (Å²) in [6.07, 6.45) is 0. The van der Waals surface area contributed by atoms with Crippen molar-refractivity contribution in [2.45, 2.75) is 17.1 Å². The first kappa shape index (κ1) is 5.41. The third-order valence-electron chi connectivity index (χ3n) is 1.14. The maximum Gasteiger partial charge on any atom is 0.121 e. The van der Waals surface area contributed by atoms with Gasteiger partial charge in [0.1, 0.15) is 4.93 Å². The second-order valence-corrected chi connectivity index (χ2v) is 3.53. The van der Waals surface area contributed by atoms with Gasteiger partial charge in [0.2, 0.25) is 0 Å². The quantitative estimate of drug-likeness (QED) is 0.469. The van der Waals surface area contributed by atoms with Crippen molar-refractivity contribution in [3.8, 4) is 0 Å². The lowest BCUT2D eigenvalue weighted by Gasteiger charge is -1.92. The Morgan fingerprint density at radius 3 is 2.43 bits per heavy atom. The standard InChI is InChI=1S/C4H9NOS/c1-4(6)3(2-5)7-4/h3,6H,2,5H2,1H3/t3?,4-/m0/s1. The molecule has 42 valence electrons. The monoisotopic (exact) mass is 119 g/mol. The fraction of sp³-hybridized carbons (Fsp3) is 1.00. The molecule has 0 bridgehead atoms. The van der Waals surface area contributed by atoms with Crippen molar-refractivity contribution in [3.05, 3.63) is 0 Å². The van der Waals surface area contributed by atoms with Crippen LogP contribution in [0.3, 0.4) is 0 Å². The van der Waals surface area contributed by atoms with Crippen LogP contribution in [0.4, 0.5) is 0 Å². The van der Waals surface area contributed by atoms with Crippen molar-refractivity contribution in [3.63, 3.8) is 0 Å². The van der Waals surface area contributed by atoms with Crippen molar-refractivity contribution >= 4 is 11.8 Å². The zero-order valence-corrected chi connectivity index (χ0v) is 5.03. The Bertz CT molecular complexity index is 83.8. The number of thioether (sulfide) groups is 1. The average molecular weight is 119 g/mol. The Morgan fingerprint density at radius 1 is 2.00 bits per heavy atom. The first-order valence-electron chi connectivity index (χ1n) is 2.27. The van der Waals surface area contributed by atoms with Crippen molar-refractivity contribution in [2.24, 2.45) is 5.73 Å². The third-order valence-corrected chi connectivity index (χ3v) is 2.58. The number of hydrogen-bond acceptors (Lipinski definition) is 3. The van der Waals surface area contributed by atoms with E-state index in [9.17, 15) is 0 Å². The highest BCUT2D eigenvalue weighted by atomic mass is 32.2. The van der Waals surface area contributed by atoms with Crippen LogP contribution in [-0.2, 0) is 0 Å². The van der Waals surface area contributed by atoms with Crippen LogP contribution in [0.5, 0.6) is 0 Å². The summed E-state index contributed by atoms with van der Waals surface area (Å²) in [6.45, 7) is 2.38. The molecule has 2 atom stereocenters. The van der Waals surface area contributed by atoms with Crippen LogP contribution < -0.4 is 5.73 Å². The Kier molecular flexibility index (Phi) is 1.06. The maximum absolute atomic E-state index is 8.97. The molecule has 1 saturated heterocycles. The van der Waals surface area contributed by atoms with Gasteiger partial charge in [-0.1, -0.05) is 0 Å². The summed E-state index contributed by atoms with van der Waals surface area (Å²) in [4.78, 5) is -0.491. The fourth-order valence-corrected chi connectivity index (χ4v) is 1.22. The molecule has 1 rings (SSSR count). The van der Waals surface area contributed by atoms with Gasteiger partial charge in [-0.25, -0.2) is 0 Å². The zero-order chi connectivity index (χ0) is 5.49. The van der Waals surface area contributed by atoms with Crippen molar-refractivity contribution in [1.29, 1.82) is 0 Å². The van der Waals surface area contributed by atoms with Gasteiger partial charge in [0.25, 0.3) is 0 Å². The molecule has 0 aliphatic carbocycles. The summed E-state index contributed by atoms with van der Waals surface area (Å²) >= 11 is 1.52. The number of hydrogen-bond donors (Lipinski definition) is 2. The molecule has 3 heteroatoms. The number of aliphatic hydroxyl groups is 1. The normalized spacial score (nSPS) is 49.3. The summed E-state index contributed by atoms with van der Waals surface area (Å²) in [6, 6.07) is 0. The van der Waals surface area contributed by atoms with Gasteiger partial charge in [-0.2, -0.15) is 0 Å². The molecule has 1 aliphatic heterocycles. The van der Waals surface area contributed by atoms with Gasteiger partial charge in [-0.15, -0.1) is 11.8 Å². The molecule has 0 amide bonds. The molecule has 1 unspecified atom stereocenters. The first-order chi connectivity index (χ1) is 3.17. The molecule has 0 aromatic carbocycles. The van der Waals surface area contributed by atoms with Crippen LogP contribution >= 0.6 is 11.8 Å². The highest BCUT2D eigenvalue weighted by Crippen LogP contribution is 2.49. The van der Waals surface area contributed by atoms with Crippen molar-refractivity contribution in [1.82, 2.24) is 0 Å². The zero-order valence-electron chi connectivity index (χ0n) is 4.22. The van der Waals surface area contributed by atoms with Crippen LogP contribution in [0, 0.1) is 0 Å². The van der Waals surface area contributed by atoms with E-state index in [0.717, 1.165) is 0 Å². The minimum Gasteiger partial charge on any atom is -0.379 e. The lowest BCUT2D eigenvalue weighted by Crippen LogP contribution is -2.16. The Hall–Kier alpha value is 0.270. The Balaban J connectivity index is 2.30. The van der Waals surface area contributed by atoms with E-state index < -0.39 is 4.93 Å². The SMILES string of the molecule is C[C@]1(O)SC1CN. The van der Waals surface area contributed by atoms with Gasteiger partial charge in [-0.05, 0) is 6.92 Å². The molecule has 1 fully saturated rings. The van der Waals surface area contributed by atoms with Crippen molar-refractivity contribution < 1.29 is 5.11 Å². The van der Waals surface area contributed by atoms with Gasteiger partial charge in [0.05, 0.1) is 5.25 Å². The van der Waals surface area contributed by atoms with E-state index >= 15 is 0 Å². The second-order valence-electron chi connectivity index (χ2n) is 1.90. The van der Waals surface area contributed by atoms with Crippen LogP contribution in [0.1, 0.15) is 6.92 Å². The van der Waals surface area contributed by atoms with Gasteiger partial charge in [0, 0.05) is 6.54 Å². The predicted molar refractivity (Wildman–Crippen MR) is 31.1 cm³/mol. The summed E-state index contributed by atoms with van der Waals surface area (Å²) in [5.74, 6) is 0. The van der Waals surface area contributed by atoms with Crippen LogP contribution in [-0.4, -0.2) is 21.8 Å².